The van der Waals surface area contributed by atoms with Crippen molar-refractivity contribution in [2.45, 2.75) is 4.90 Å². The van der Waals surface area contributed by atoms with Gasteiger partial charge in [0.2, 0.25) is 0 Å². The number of amidine groups is 1. The lowest BCUT2D eigenvalue weighted by Crippen LogP contribution is -2.11. The summed E-state index contributed by atoms with van der Waals surface area (Å²) in [5.74, 6) is -0.270. The Balaban J connectivity index is 2.66. The third-order valence-electron chi connectivity index (χ3n) is 1.87. The van der Waals surface area contributed by atoms with E-state index < -0.39 is 0 Å². The molecule has 2 N–H and O–H groups in total. The molecule has 6 heteroatoms. The molecule has 0 fully saturated rings. The van der Waals surface area contributed by atoms with E-state index in [-0.39, 0.29) is 5.82 Å². The van der Waals surface area contributed by atoms with E-state index in [1.807, 2.05) is 6.07 Å². The minimum Gasteiger partial charge on any atom is -0.388 e. The molecule has 0 heterocycles. The summed E-state index contributed by atoms with van der Waals surface area (Å²) in [4.78, 5) is 4.52. The van der Waals surface area contributed by atoms with E-state index >= 15 is 0 Å². The van der Waals surface area contributed by atoms with E-state index in [4.69, 9.17) is 0 Å². The molecule has 17 heavy (non-hydrogen) atoms. The van der Waals surface area contributed by atoms with Gasteiger partial charge in [-0.3, -0.25) is 4.99 Å². The highest BCUT2D eigenvalue weighted by Gasteiger charge is 2.05. The quantitative estimate of drug-likeness (QED) is 0.500. The van der Waals surface area contributed by atoms with Crippen molar-refractivity contribution in [3.05, 3.63) is 36.0 Å². The highest BCUT2D eigenvalue weighted by atomic mass is 32.2. The van der Waals surface area contributed by atoms with Crippen LogP contribution in [0.15, 0.2) is 40.1 Å². The zero-order valence-electron chi connectivity index (χ0n) is 9.66. The van der Waals surface area contributed by atoms with Gasteiger partial charge < -0.3 is 10.0 Å². The number of hydrogen-bond donors (Lipinski definition) is 2. The van der Waals surface area contributed by atoms with Gasteiger partial charge in [-0.05, 0) is 35.6 Å². The van der Waals surface area contributed by atoms with Crippen molar-refractivity contribution in [3.63, 3.8) is 0 Å². The second-order valence-electron chi connectivity index (χ2n) is 2.91. The van der Waals surface area contributed by atoms with Crippen molar-refractivity contribution in [1.29, 1.82) is 0 Å². The van der Waals surface area contributed by atoms with Gasteiger partial charge in [0.15, 0.2) is 5.17 Å². The molecule has 0 aliphatic rings. The fraction of sp³-hybridized carbons (Fsp3) is 0.182. The molecule has 0 atom stereocenters. The summed E-state index contributed by atoms with van der Waals surface area (Å²) in [5.41, 5.74) is 0.747. The van der Waals surface area contributed by atoms with Crippen LogP contribution >= 0.6 is 23.7 Å². The molecule has 0 aromatic heterocycles. The monoisotopic (exact) mass is 271 g/mol. The van der Waals surface area contributed by atoms with Crippen LogP contribution in [0.4, 0.5) is 10.1 Å². The molecule has 1 aromatic rings. The lowest BCUT2D eigenvalue weighted by molar-refractivity contribution is 0.602. The molecule has 1 aromatic carbocycles. The van der Waals surface area contributed by atoms with Crippen LogP contribution in [0.3, 0.4) is 0 Å². The molecule has 0 radical (unpaired) electrons. The van der Waals surface area contributed by atoms with Gasteiger partial charge in [-0.2, -0.15) is 0 Å². The Morgan fingerprint density at radius 2 is 2.29 bits per heavy atom. The van der Waals surface area contributed by atoms with Gasteiger partial charge >= 0.3 is 0 Å². The summed E-state index contributed by atoms with van der Waals surface area (Å²) >= 11 is 2.54. The minimum absolute atomic E-state index is 0.270. The molecule has 0 aliphatic heterocycles. The topological polar surface area (TPSA) is 36.4 Å². The third-order valence-corrected chi connectivity index (χ3v) is 3.52. The number of anilines is 1. The Labute approximate surface area is 109 Å². The van der Waals surface area contributed by atoms with E-state index in [2.05, 4.69) is 21.6 Å². The van der Waals surface area contributed by atoms with Crippen molar-refractivity contribution in [1.82, 2.24) is 4.72 Å². The number of nitrogens with zero attached hydrogens (tertiary/aromatic N) is 1. The van der Waals surface area contributed by atoms with E-state index in [0.717, 1.165) is 5.69 Å². The predicted molar refractivity (Wildman–Crippen MR) is 76.1 cm³/mol. The van der Waals surface area contributed by atoms with Crippen LogP contribution in [-0.4, -0.2) is 19.3 Å². The zero-order chi connectivity index (χ0) is 12.7. The van der Waals surface area contributed by atoms with Crippen molar-refractivity contribution in [2.75, 3.05) is 19.4 Å². The van der Waals surface area contributed by atoms with E-state index in [1.165, 1.54) is 29.8 Å². The molecule has 0 amide bonds. The molecule has 0 saturated carbocycles. The number of halogens is 1. The first-order valence-electron chi connectivity index (χ1n) is 4.85. The van der Waals surface area contributed by atoms with Gasteiger partial charge in [0.05, 0.1) is 4.90 Å². The molecular formula is C11H14FN3S2. The van der Waals surface area contributed by atoms with Crippen molar-refractivity contribution >= 4 is 34.6 Å². The average Bonchev–Trinajstić information content (AvgIpc) is 2.35. The Hall–Kier alpha value is -1.14. The second-order valence-corrected chi connectivity index (χ2v) is 4.72. The Morgan fingerprint density at radius 3 is 2.82 bits per heavy atom. The predicted octanol–water partition coefficient (Wildman–Crippen LogP) is 3.33. The summed E-state index contributed by atoms with van der Waals surface area (Å²) in [6.07, 6.45) is 0. The first-order chi connectivity index (χ1) is 8.21. The van der Waals surface area contributed by atoms with Gasteiger partial charge in [0.1, 0.15) is 5.82 Å². The molecular weight excluding hydrogens is 257 g/mol. The molecule has 0 bridgehead atoms. The molecule has 3 nitrogen and oxygen atoms in total. The maximum absolute atomic E-state index is 13.6. The molecule has 0 saturated heterocycles. The highest BCUT2D eigenvalue weighted by molar-refractivity contribution is 8.17. The van der Waals surface area contributed by atoms with Crippen LogP contribution in [0.2, 0.25) is 0 Å². The van der Waals surface area contributed by atoms with Gasteiger partial charge in [0.25, 0.3) is 0 Å². The number of nitrogens with one attached hydrogen (secondary N) is 2. The largest absolute Gasteiger partial charge is 0.388 e. The fourth-order valence-corrected chi connectivity index (χ4v) is 2.20. The first-order valence-corrected chi connectivity index (χ1v) is 6.55. The first kappa shape index (κ1) is 13.9. The van der Waals surface area contributed by atoms with Crippen LogP contribution in [0.25, 0.3) is 0 Å². The number of thioether (sulfide) groups is 1. The van der Waals surface area contributed by atoms with Crippen molar-refractivity contribution < 1.29 is 4.39 Å². The van der Waals surface area contributed by atoms with Gasteiger partial charge in [-0.15, -0.1) is 0 Å². The Bertz CT molecular complexity index is 421. The lowest BCUT2D eigenvalue weighted by Gasteiger charge is -2.07. The van der Waals surface area contributed by atoms with Crippen LogP contribution in [0.1, 0.15) is 0 Å². The molecule has 0 unspecified atom stereocenters. The Kier molecular flexibility index (Phi) is 5.93. The Morgan fingerprint density at radius 1 is 1.53 bits per heavy atom. The fourth-order valence-electron chi connectivity index (χ4n) is 1.04. The van der Waals surface area contributed by atoms with Crippen molar-refractivity contribution in [3.8, 4) is 0 Å². The molecule has 1 rings (SSSR count). The van der Waals surface area contributed by atoms with E-state index in [9.17, 15) is 4.39 Å². The maximum atomic E-state index is 13.6. The standard InChI is InChI=1S/C11H14FN3S2/c1-4-16-11(14-3)15-17-10-6-5-8(13-2)7-9(10)12/h4-7,13H,1H2,2-3H3,(H,14,15). The van der Waals surface area contributed by atoms with Gasteiger partial charge in [-0.25, -0.2) is 4.39 Å². The van der Waals surface area contributed by atoms with Crippen molar-refractivity contribution in [2.24, 2.45) is 4.99 Å². The maximum Gasteiger partial charge on any atom is 0.170 e. The molecule has 0 aliphatic carbocycles. The minimum atomic E-state index is -0.270. The SMILES string of the molecule is C=CSC(=NC)NSc1ccc(NC)cc1F. The van der Waals surface area contributed by atoms with Crippen LogP contribution in [0.5, 0.6) is 0 Å². The van der Waals surface area contributed by atoms with Crippen LogP contribution < -0.4 is 10.0 Å². The third kappa shape index (κ3) is 4.32. The summed E-state index contributed by atoms with van der Waals surface area (Å²) < 4.78 is 16.6. The second kappa shape index (κ2) is 7.24. The van der Waals surface area contributed by atoms with E-state index in [0.29, 0.717) is 10.1 Å². The lowest BCUT2D eigenvalue weighted by atomic mass is 10.3. The highest BCUT2D eigenvalue weighted by Crippen LogP contribution is 2.23. The van der Waals surface area contributed by atoms with Gasteiger partial charge in [0, 0.05) is 19.8 Å². The smallest absolute Gasteiger partial charge is 0.170 e. The zero-order valence-corrected chi connectivity index (χ0v) is 11.3. The van der Waals surface area contributed by atoms with E-state index in [1.54, 1.807) is 25.6 Å². The number of hydrogen-bond acceptors (Lipinski definition) is 4. The van der Waals surface area contributed by atoms with Gasteiger partial charge in [-0.1, -0.05) is 18.3 Å². The summed E-state index contributed by atoms with van der Waals surface area (Å²) in [7, 11) is 3.42. The summed E-state index contributed by atoms with van der Waals surface area (Å²) in [6, 6.07) is 4.98. The molecule has 92 valence electrons. The van der Waals surface area contributed by atoms with Crippen LogP contribution in [-0.2, 0) is 0 Å². The summed E-state index contributed by atoms with van der Waals surface area (Å²) in [5, 5.41) is 5.23. The number of aliphatic imine (C=N–C) groups is 1. The number of benzene rings is 1. The summed E-state index contributed by atoms with van der Waals surface area (Å²) in [6.45, 7) is 3.59. The number of rotatable bonds is 4. The molecule has 0 spiro atoms. The average molecular weight is 271 g/mol. The van der Waals surface area contributed by atoms with Crippen LogP contribution in [0, 0.1) is 5.82 Å². The normalized spacial score (nSPS) is 11.1.